The highest BCUT2D eigenvalue weighted by Crippen LogP contribution is 2.32. The third kappa shape index (κ3) is 3.70. The molecule has 3 heteroatoms. The number of aryl methyl sites for hydroxylation is 1. The molecule has 2 fully saturated rings. The molecule has 1 saturated carbocycles. The van der Waals surface area contributed by atoms with E-state index in [0.29, 0.717) is 23.8 Å². The van der Waals surface area contributed by atoms with Crippen molar-refractivity contribution in [3.63, 3.8) is 0 Å². The average Bonchev–Trinajstić information content (AvgIpc) is 3.38. The van der Waals surface area contributed by atoms with Gasteiger partial charge < -0.3 is 10.2 Å². The number of carbonyl (C=O) groups excluding carboxylic acids is 1. The molecule has 1 amide bonds. The van der Waals surface area contributed by atoms with E-state index in [1.807, 2.05) is 0 Å². The number of hydrogen-bond donors (Lipinski definition) is 1. The molecule has 0 aromatic heterocycles. The first-order valence-electron chi connectivity index (χ1n) is 8.77. The molecule has 3 nitrogen and oxygen atoms in total. The van der Waals surface area contributed by atoms with Gasteiger partial charge in [0.25, 0.3) is 0 Å². The van der Waals surface area contributed by atoms with E-state index in [1.54, 1.807) is 0 Å². The molecule has 120 valence electrons. The van der Waals surface area contributed by atoms with Crippen LogP contribution in [-0.4, -0.2) is 29.9 Å². The molecule has 2 unspecified atom stereocenters. The van der Waals surface area contributed by atoms with E-state index in [0.717, 1.165) is 45.3 Å². The smallest absolute Gasteiger partial charge is 0.225 e. The van der Waals surface area contributed by atoms with E-state index in [2.05, 4.69) is 48.3 Å². The van der Waals surface area contributed by atoms with Crippen LogP contribution in [0, 0.1) is 11.8 Å². The minimum absolute atomic E-state index is 0.355. The van der Waals surface area contributed by atoms with Gasteiger partial charge in [-0.3, -0.25) is 4.79 Å². The Kier molecular flexibility index (Phi) is 4.82. The normalized spacial score (nSPS) is 25.3. The summed E-state index contributed by atoms with van der Waals surface area (Å²) in [6, 6.07) is 9.41. The molecule has 22 heavy (non-hydrogen) atoms. The molecule has 2 atom stereocenters. The molecule has 2 aliphatic rings. The standard InChI is InChI=1S/C19H28N2O/c1-3-15-4-6-16(7-5-15)12-20-18-10-11-21(13-14(18)2)19(22)17-8-9-17/h4-7,14,17-18,20H,3,8-13H2,1-2H3. The van der Waals surface area contributed by atoms with Gasteiger partial charge in [-0.2, -0.15) is 0 Å². The van der Waals surface area contributed by atoms with Crippen LogP contribution in [0.3, 0.4) is 0 Å². The fraction of sp³-hybridized carbons (Fsp3) is 0.632. The van der Waals surface area contributed by atoms with Crippen LogP contribution in [0.4, 0.5) is 0 Å². The van der Waals surface area contributed by atoms with Crippen molar-refractivity contribution in [1.82, 2.24) is 10.2 Å². The number of nitrogens with one attached hydrogen (secondary N) is 1. The molecule has 1 N–H and O–H groups in total. The number of piperidine rings is 1. The predicted octanol–water partition coefficient (Wildman–Crippen LogP) is 2.99. The number of carbonyl (C=O) groups is 1. The van der Waals surface area contributed by atoms with Crippen molar-refractivity contribution < 1.29 is 4.79 Å². The highest BCUT2D eigenvalue weighted by atomic mass is 16.2. The van der Waals surface area contributed by atoms with Gasteiger partial charge >= 0.3 is 0 Å². The highest BCUT2D eigenvalue weighted by molar-refractivity contribution is 5.81. The number of likely N-dealkylation sites (tertiary alicyclic amines) is 1. The van der Waals surface area contributed by atoms with E-state index in [9.17, 15) is 4.79 Å². The molecule has 1 saturated heterocycles. The lowest BCUT2D eigenvalue weighted by atomic mass is 9.93. The molecular weight excluding hydrogens is 272 g/mol. The fourth-order valence-corrected chi connectivity index (χ4v) is 3.38. The Morgan fingerprint density at radius 2 is 1.86 bits per heavy atom. The average molecular weight is 300 g/mol. The van der Waals surface area contributed by atoms with Crippen molar-refractivity contribution in [1.29, 1.82) is 0 Å². The third-order valence-electron chi connectivity index (χ3n) is 5.14. The SMILES string of the molecule is CCc1ccc(CNC2CCN(C(=O)C3CC3)CC2C)cc1. The molecule has 1 aliphatic carbocycles. The van der Waals surface area contributed by atoms with Crippen molar-refractivity contribution >= 4 is 5.91 Å². The Balaban J connectivity index is 1.47. The molecule has 3 rings (SSSR count). The lowest BCUT2D eigenvalue weighted by Gasteiger charge is -2.37. The number of benzene rings is 1. The van der Waals surface area contributed by atoms with Crippen LogP contribution in [-0.2, 0) is 17.8 Å². The molecule has 0 spiro atoms. The van der Waals surface area contributed by atoms with Crippen LogP contribution in [0.1, 0.15) is 44.2 Å². The van der Waals surface area contributed by atoms with Crippen LogP contribution in [0.25, 0.3) is 0 Å². The zero-order valence-electron chi connectivity index (χ0n) is 13.8. The maximum absolute atomic E-state index is 12.2. The molecule has 1 aromatic carbocycles. The van der Waals surface area contributed by atoms with Crippen molar-refractivity contribution in [3.8, 4) is 0 Å². The topological polar surface area (TPSA) is 32.3 Å². The Bertz CT molecular complexity index is 507. The van der Waals surface area contributed by atoms with Crippen molar-refractivity contribution in [3.05, 3.63) is 35.4 Å². The van der Waals surface area contributed by atoms with E-state index in [1.165, 1.54) is 11.1 Å². The number of rotatable bonds is 5. The summed E-state index contributed by atoms with van der Waals surface area (Å²) in [4.78, 5) is 14.3. The van der Waals surface area contributed by atoms with Gasteiger partial charge in [-0.25, -0.2) is 0 Å². The van der Waals surface area contributed by atoms with Crippen molar-refractivity contribution in [2.75, 3.05) is 13.1 Å². The maximum Gasteiger partial charge on any atom is 0.225 e. The van der Waals surface area contributed by atoms with Crippen LogP contribution in [0.2, 0.25) is 0 Å². The van der Waals surface area contributed by atoms with E-state index < -0.39 is 0 Å². The minimum Gasteiger partial charge on any atom is -0.342 e. The molecule has 0 radical (unpaired) electrons. The Hall–Kier alpha value is -1.35. The Morgan fingerprint density at radius 1 is 1.18 bits per heavy atom. The van der Waals surface area contributed by atoms with Gasteiger partial charge in [0.2, 0.25) is 5.91 Å². The second-order valence-corrected chi connectivity index (χ2v) is 6.98. The molecule has 0 bridgehead atoms. The van der Waals surface area contributed by atoms with Gasteiger partial charge in [0.1, 0.15) is 0 Å². The first kappa shape index (κ1) is 15.5. The summed E-state index contributed by atoms with van der Waals surface area (Å²) >= 11 is 0. The number of amides is 1. The van der Waals surface area contributed by atoms with Crippen LogP contribution >= 0.6 is 0 Å². The first-order chi connectivity index (χ1) is 10.7. The zero-order valence-corrected chi connectivity index (χ0v) is 13.8. The summed E-state index contributed by atoms with van der Waals surface area (Å²) in [5.74, 6) is 1.29. The van der Waals surface area contributed by atoms with Crippen LogP contribution in [0.5, 0.6) is 0 Å². The second kappa shape index (κ2) is 6.82. The van der Waals surface area contributed by atoms with Crippen LogP contribution in [0.15, 0.2) is 24.3 Å². The van der Waals surface area contributed by atoms with Gasteiger partial charge in [0.05, 0.1) is 0 Å². The lowest BCUT2D eigenvalue weighted by Crippen LogP contribution is -2.50. The van der Waals surface area contributed by atoms with E-state index in [4.69, 9.17) is 0 Å². The predicted molar refractivity (Wildman–Crippen MR) is 89.5 cm³/mol. The summed E-state index contributed by atoms with van der Waals surface area (Å²) in [6.07, 6.45) is 4.39. The maximum atomic E-state index is 12.2. The summed E-state index contributed by atoms with van der Waals surface area (Å²) < 4.78 is 0. The zero-order chi connectivity index (χ0) is 15.5. The summed E-state index contributed by atoms with van der Waals surface area (Å²) in [6.45, 7) is 7.22. The van der Waals surface area contributed by atoms with E-state index in [-0.39, 0.29) is 0 Å². The molecular formula is C19H28N2O. The lowest BCUT2D eigenvalue weighted by molar-refractivity contribution is -0.134. The molecule has 1 aliphatic heterocycles. The first-order valence-corrected chi connectivity index (χ1v) is 8.77. The van der Waals surface area contributed by atoms with Crippen molar-refractivity contribution in [2.24, 2.45) is 11.8 Å². The largest absolute Gasteiger partial charge is 0.342 e. The fourth-order valence-electron chi connectivity index (χ4n) is 3.38. The third-order valence-corrected chi connectivity index (χ3v) is 5.14. The molecule has 1 heterocycles. The minimum atomic E-state index is 0.355. The van der Waals surface area contributed by atoms with Gasteiger partial charge in [0.15, 0.2) is 0 Å². The Morgan fingerprint density at radius 3 is 2.45 bits per heavy atom. The van der Waals surface area contributed by atoms with Gasteiger partial charge in [-0.05, 0) is 42.7 Å². The second-order valence-electron chi connectivity index (χ2n) is 6.98. The monoisotopic (exact) mass is 300 g/mol. The quantitative estimate of drug-likeness (QED) is 0.906. The molecule has 1 aromatic rings. The van der Waals surface area contributed by atoms with Gasteiger partial charge in [0, 0.05) is 31.6 Å². The van der Waals surface area contributed by atoms with Gasteiger partial charge in [-0.1, -0.05) is 38.1 Å². The highest BCUT2D eigenvalue weighted by Gasteiger charge is 2.36. The van der Waals surface area contributed by atoms with E-state index >= 15 is 0 Å². The van der Waals surface area contributed by atoms with Crippen molar-refractivity contribution in [2.45, 2.75) is 52.1 Å². The summed E-state index contributed by atoms with van der Waals surface area (Å²) in [5, 5.41) is 3.69. The summed E-state index contributed by atoms with van der Waals surface area (Å²) in [5.41, 5.74) is 2.74. The number of hydrogen-bond acceptors (Lipinski definition) is 2. The van der Waals surface area contributed by atoms with Gasteiger partial charge in [-0.15, -0.1) is 0 Å². The van der Waals surface area contributed by atoms with Crippen LogP contribution < -0.4 is 5.32 Å². The Labute approximate surface area is 134 Å². The number of nitrogens with zero attached hydrogens (tertiary/aromatic N) is 1. The summed E-state index contributed by atoms with van der Waals surface area (Å²) in [7, 11) is 0.